The Kier molecular flexibility index (Phi) is 2.94. The number of nitrogens with one attached hydrogen (secondary N) is 1. The minimum Gasteiger partial charge on any atom is -0.329 e. The van der Waals surface area contributed by atoms with Gasteiger partial charge < -0.3 is 9.55 Å². The van der Waals surface area contributed by atoms with Crippen molar-refractivity contribution in [1.29, 1.82) is 0 Å². The molecule has 2 heterocycles. The summed E-state index contributed by atoms with van der Waals surface area (Å²) in [5.74, 6) is 0. The van der Waals surface area contributed by atoms with Crippen molar-refractivity contribution in [2.45, 2.75) is 26.1 Å². The topological polar surface area (TPSA) is 33.6 Å². The van der Waals surface area contributed by atoms with Crippen LogP contribution in [0.4, 0.5) is 13.2 Å². The van der Waals surface area contributed by atoms with Crippen LogP contribution >= 0.6 is 12.2 Å². The number of rotatable bonds is 2. The number of aryl methyl sites for hydroxylation is 2. The van der Waals surface area contributed by atoms with E-state index in [4.69, 9.17) is 12.2 Å². The number of nitrogens with zero attached hydrogens (tertiary/aromatic N) is 2. The van der Waals surface area contributed by atoms with Gasteiger partial charge in [-0.15, -0.1) is 0 Å². The summed E-state index contributed by atoms with van der Waals surface area (Å²) in [6, 6.07) is 3.54. The summed E-state index contributed by atoms with van der Waals surface area (Å²) in [4.78, 5) is 7.03. The zero-order valence-electron chi connectivity index (χ0n) is 9.01. The van der Waals surface area contributed by atoms with Crippen molar-refractivity contribution >= 4 is 23.4 Å². The molecule has 0 atom stereocenters. The molecule has 0 saturated heterocycles. The van der Waals surface area contributed by atoms with E-state index in [1.165, 1.54) is 4.57 Å². The van der Waals surface area contributed by atoms with Crippen LogP contribution in [0.2, 0.25) is 0 Å². The van der Waals surface area contributed by atoms with Crippen LogP contribution in [0.1, 0.15) is 12.1 Å². The number of pyridine rings is 1. The quantitative estimate of drug-likeness (QED) is 0.841. The monoisotopic (exact) mass is 261 g/mol. The van der Waals surface area contributed by atoms with Gasteiger partial charge in [0.05, 0.1) is 11.9 Å². The molecule has 1 N–H and O–H groups in total. The van der Waals surface area contributed by atoms with E-state index in [9.17, 15) is 13.2 Å². The third kappa shape index (κ3) is 2.66. The van der Waals surface area contributed by atoms with E-state index in [1.54, 1.807) is 19.1 Å². The fourth-order valence-corrected chi connectivity index (χ4v) is 1.86. The predicted molar refractivity (Wildman–Crippen MR) is 60.3 cm³/mol. The van der Waals surface area contributed by atoms with E-state index in [0.717, 1.165) is 5.69 Å². The van der Waals surface area contributed by atoms with Gasteiger partial charge in [-0.05, 0) is 31.3 Å². The summed E-state index contributed by atoms with van der Waals surface area (Å²) in [5.41, 5.74) is 1.87. The van der Waals surface area contributed by atoms with Gasteiger partial charge in [-0.1, -0.05) is 0 Å². The van der Waals surface area contributed by atoms with Gasteiger partial charge in [0.2, 0.25) is 0 Å². The minimum absolute atomic E-state index is 0.210. The van der Waals surface area contributed by atoms with E-state index < -0.39 is 12.6 Å². The van der Waals surface area contributed by atoms with Gasteiger partial charge in [-0.25, -0.2) is 4.98 Å². The van der Waals surface area contributed by atoms with Crippen LogP contribution in [0.3, 0.4) is 0 Å². The van der Waals surface area contributed by atoms with Crippen molar-refractivity contribution in [3.63, 3.8) is 0 Å². The Morgan fingerprint density at radius 2 is 2.12 bits per heavy atom. The molecule has 7 heteroatoms. The molecular formula is C10H10F3N3S. The molecule has 0 unspecified atom stereocenters. The first-order valence-corrected chi connectivity index (χ1v) is 5.40. The Bertz CT molecular complexity index is 597. The molecule has 92 valence electrons. The fourth-order valence-electron chi connectivity index (χ4n) is 1.57. The van der Waals surface area contributed by atoms with Gasteiger partial charge >= 0.3 is 6.18 Å². The Morgan fingerprint density at radius 1 is 1.41 bits per heavy atom. The third-order valence-corrected chi connectivity index (χ3v) is 2.70. The highest BCUT2D eigenvalue weighted by atomic mass is 32.1. The first-order valence-electron chi connectivity index (χ1n) is 5.00. The molecule has 0 aromatic carbocycles. The van der Waals surface area contributed by atoms with Crippen molar-refractivity contribution in [2.24, 2.45) is 0 Å². The molecular weight excluding hydrogens is 251 g/mol. The molecule has 0 aliphatic carbocycles. The molecule has 0 bridgehead atoms. The Morgan fingerprint density at radius 3 is 2.76 bits per heavy atom. The molecule has 2 aromatic heterocycles. The highest BCUT2D eigenvalue weighted by Gasteiger charge is 2.27. The highest BCUT2D eigenvalue weighted by Crippen LogP contribution is 2.22. The second-order valence-electron chi connectivity index (χ2n) is 3.77. The van der Waals surface area contributed by atoms with E-state index >= 15 is 0 Å². The Labute approximate surface area is 100 Å². The normalized spacial score (nSPS) is 12.2. The molecule has 0 amide bonds. The number of imidazole rings is 1. The van der Waals surface area contributed by atoms with Crippen LogP contribution < -0.4 is 0 Å². The lowest BCUT2D eigenvalue weighted by atomic mass is 10.3. The van der Waals surface area contributed by atoms with Gasteiger partial charge in [0.25, 0.3) is 0 Å². The minimum atomic E-state index is -4.19. The Hall–Kier alpha value is -1.37. The Balaban J connectivity index is 2.42. The molecule has 0 aliphatic heterocycles. The molecule has 2 aromatic rings. The number of alkyl halides is 3. The second kappa shape index (κ2) is 4.14. The van der Waals surface area contributed by atoms with Crippen molar-refractivity contribution < 1.29 is 13.2 Å². The van der Waals surface area contributed by atoms with Crippen molar-refractivity contribution in [1.82, 2.24) is 14.5 Å². The van der Waals surface area contributed by atoms with Crippen LogP contribution in [-0.4, -0.2) is 20.7 Å². The van der Waals surface area contributed by atoms with E-state index in [2.05, 4.69) is 9.97 Å². The van der Waals surface area contributed by atoms with Crippen LogP contribution in [0, 0.1) is 11.7 Å². The van der Waals surface area contributed by atoms with E-state index in [-0.39, 0.29) is 11.3 Å². The van der Waals surface area contributed by atoms with Gasteiger partial charge in [-0.2, -0.15) is 13.2 Å². The number of aromatic nitrogens is 3. The van der Waals surface area contributed by atoms with E-state index in [1.807, 2.05) is 0 Å². The molecule has 0 saturated carbocycles. The van der Waals surface area contributed by atoms with Gasteiger partial charge in [0.15, 0.2) is 10.4 Å². The second-order valence-corrected chi connectivity index (χ2v) is 4.16. The van der Waals surface area contributed by atoms with Crippen molar-refractivity contribution in [3.05, 3.63) is 22.6 Å². The van der Waals surface area contributed by atoms with Crippen LogP contribution in [0.25, 0.3) is 11.2 Å². The number of aromatic amines is 1. The summed E-state index contributed by atoms with van der Waals surface area (Å²) in [6.45, 7) is 1.57. The van der Waals surface area contributed by atoms with Gasteiger partial charge in [-0.3, -0.25) is 0 Å². The maximum Gasteiger partial charge on any atom is 0.390 e. The lowest BCUT2D eigenvalue weighted by Crippen LogP contribution is -2.12. The number of hydrogen-bond acceptors (Lipinski definition) is 2. The maximum atomic E-state index is 12.2. The van der Waals surface area contributed by atoms with Gasteiger partial charge in [0.1, 0.15) is 0 Å². The average Bonchev–Trinajstić information content (AvgIpc) is 2.49. The summed E-state index contributed by atoms with van der Waals surface area (Å²) in [6.07, 6.45) is -5.11. The fraction of sp³-hybridized carbons (Fsp3) is 0.400. The summed E-state index contributed by atoms with van der Waals surface area (Å²) in [5, 5.41) is 0. The zero-order chi connectivity index (χ0) is 12.6. The number of H-pyrrole nitrogens is 1. The summed E-state index contributed by atoms with van der Waals surface area (Å²) >= 11 is 4.98. The predicted octanol–water partition coefficient (Wildman–Crippen LogP) is 3.35. The molecule has 2 rings (SSSR count). The molecule has 3 nitrogen and oxygen atoms in total. The average molecular weight is 261 g/mol. The largest absolute Gasteiger partial charge is 0.390 e. The number of fused-ring (bicyclic) bond motifs is 1. The molecule has 0 fully saturated rings. The van der Waals surface area contributed by atoms with Crippen LogP contribution in [0.15, 0.2) is 12.1 Å². The first-order chi connectivity index (χ1) is 7.87. The zero-order valence-corrected chi connectivity index (χ0v) is 9.82. The molecule has 17 heavy (non-hydrogen) atoms. The lowest BCUT2D eigenvalue weighted by Gasteiger charge is -2.07. The van der Waals surface area contributed by atoms with Gasteiger partial charge in [0, 0.05) is 12.2 Å². The molecule has 0 radical (unpaired) electrons. The summed E-state index contributed by atoms with van der Waals surface area (Å²) in [7, 11) is 0. The maximum absolute atomic E-state index is 12.2. The van der Waals surface area contributed by atoms with Crippen molar-refractivity contribution in [3.8, 4) is 0 Å². The smallest absolute Gasteiger partial charge is 0.329 e. The SMILES string of the molecule is Cc1ccc2[nH]c(=S)n(CCC(F)(F)F)c2n1. The summed E-state index contributed by atoms with van der Waals surface area (Å²) < 4.78 is 38.2. The standard InChI is InChI=1S/C10H10F3N3S/c1-6-2-3-7-8(14-6)16(9(17)15-7)5-4-10(11,12)13/h2-3H,4-5H2,1H3,(H,15,17). The lowest BCUT2D eigenvalue weighted by molar-refractivity contribution is -0.136. The molecule has 0 spiro atoms. The van der Waals surface area contributed by atoms with E-state index in [0.29, 0.717) is 11.2 Å². The van der Waals surface area contributed by atoms with Crippen molar-refractivity contribution in [2.75, 3.05) is 0 Å². The van der Waals surface area contributed by atoms with Crippen LogP contribution in [0.5, 0.6) is 0 Å². The first kappa shape index (κ1) is 12.1. The highest BCUT2D eigenvalue weighted by molar-refractivity contribution is 7.71. The molecule has 0 aliphatic rings. The van der Waals surface area contributed by atoms with Crippen LogP contribution in [-0.2, 0) is 6.54 Å². The number of hydrogen-bond donors (Lipinski definition) is 1. The third-order valence-electron chi connectivity index (χ3n) is 2.38. The number of halogens is 3.